The van der Waals surface area contributed by atoms with Gasteiger partial charge in [0.15, 0.2) is 0 Å². The molecule has 2 nitrogen and oxygen atoms in total. The molecule has 110 valence electrons. The molecule has 0 aromatic heterocycles. The summed E-state index contributed by atoms with van der Waals surface area (Å²) in [5.74, 6) is 2.55. The van der Waals surface area contributed by atoms with E-state index in [1.54, 1.807) is 0 Å². The van der Waals surface area contributed by atoms with E-state index in [0.717, 1.165) is 43.7 Å². The number of hydrogen-bond donors (Lipinski definition) is 0. The summed E-state index contributed by atoms with van der Waals surface area (Å²) in [5, 5.41) is 0. The van der Waals surface area contributed by atoms with Crippen LogP contribution in [0.1, 0.15) is 65.2 Å². The molecule has 0 bridgehead atoms. The lowest BCUT2D eigenvalue weighted by atomic mass is 9.78. The summed E-state index contributed by atoms with van der Waals surface area (Å²) < 4.78 is 0. The molecule has 2 aliphatic carbocycles. The van der Waals surface area contributed by atoms with Crippen molar-refractivity contribution >= 4 is 5.78 Å². The standard InChI is InChI=1S/C17H31NO/c1-4-14-7-10-17(19)15(11-14)12-18(3)16-8-5-13(2)6-9-16/h13-16H,4-12H2,1-3H3. The van der Waals surface area contributed by atoms with E-state index < -0.39 is 0 Å². The quantitative estimate of drug-likeness (QED) is 0.768. The Bertz CT molecular complexity index is 294. The summed E-state index contributed by atoms with van der Waals surface area (Å²) in [6, 6.07) is 0.728. The highest BCUT2D eigenvalue weighted by molar-refractivity contribution is 5.81. The third-order valence-electron chi connectivity index (χ3n) is 5.57. The third kappa shape index (κ3) is 4.05. The molecule has 2 rings (SSSR count). The first-order chi connectivity index (χ1) is 9.10. The molecule has 2 atom stereocenters. The van der Waals surface area contributed by atoms with Gasteiger partial charge in [-0.15, -0.1) is 0 Å². The van der Waals surface area contributed by atoms with Gasteiger partial charge in [0.25, 0.3) is 0 Å². The first-order valence-corrected chi connectivity index (χ1v) is 8.33. The van der Waals surface area contributed by atoms with Gasteiger partial charge in [-0.2, -0.15) is 0 Å². The largest absolute Gasteiger partial charge is 0.303 e. The zero-order valence-electron chi connectivity index (χ0n) is 13.0. The second-order valence-electron chi connectivity index (χ2n) is 7.07. The van der Waals surface area contributed by atoms with Crippen molar-refractivity contribution in [2.75, 3.05) is 13.6 Å². The molecule has 0 saturated heterocycles. The van der Waals surface area contributed by atoms with Gasteiger partial charge in [-0.05, 0) is 57.4 Å². The first kappa shape index (κ1) is 15.0. The lowest BCUT2D eigenvalue weighted by Crippen LogP contribution is -2.41. The molecule has 19 heavy (non-hydrogen) atoms. The van der Waals surface area contributed by atoms with Crippen molar-refractivity contribution in [3.8, 4) is 0 Å². The maximum atomic E-state index is 12.1. The molecule has 2 unspecified atom stereocenters. The maximum Gasteiger partial charge on any atom is 0.137 e. The van der Waals surface area contributed by atoms with Gasteiger partial charge < -0.3 is 4.90 Å². The Balaban J connectivity index is 1.83. The molecule has 0 N–H and O–H groups in total. The van der Waals surface area contributed by atoms with Crippen LogP contribution in [0.15, 0.2) is 0 Å². The fourth-order valence-corrected chi connectivity index (χ4v) is 3.93. The van der Waals surface area contributed by atoms with Crippen LogP contribution in [-0.4, -0.2) is 30.3 Å². The fourth-order valence-electron chi connectivity index (χ4n) is 3.93. The highest BCUT2D eigenvalue weighted by Crippen LogP contribution is 2.31. The van der Waals surface area contributed by atoms with Crippen molar-refractivity contribution in [2.45, 2.75) is 71.3 Å². The minimum absolute atomic E-state index is 0.322. The van der Waals surface area contributed by atoms with E-state index >= 15 is 0 Å². The van der Waals surface area contributed by atoms with E-state index in [4.69, 9.17) is 0 Å². The molecule has 0 aliphatic heterocycles. The van der Waals surface area contributed by atoms with E-state index in [1.165, 1.54) is 32.1 Å². The van der Waals surface area contributed by atoms with Gasteiger partial charge in [-0.3, -0.25) is 4.79 Å². The van der Waals surface area contributed by atoms with Gasteiger partial charge in [0.05, 0.1) is 0 Å². The molecule has 0 amide bonds. The smallest absolute Gasteiger partial charge is 0.137 e. The molecular formula is C17H31NO. The van der Waals surface area contributed by atoms with Gasteiger partial charge >= 0.3 is 0 Å². The average Bonchev–Trinajstić information content (AvgIpc) is 2.42. The molecule has 2 aliphatic rings. The number of hydrogen-bond acceptors (Lipinski definition) is 2. The third-order valence-corrected chi connectivity index (χ3v) is 5.57. The number of rotatable bonds is 4. The Morgan fingerprint density at radius 1 is 1.16 bits per heavy atom. The monoisotopic (exact) mass is 265 g/mol. The van der Waals surface area contributed by atoms with Crippen LogP contribution < -0.4 is 0 Å². The highest BCUT2D eigenvalue weighted by Gasteiger charge is 2.30. The Morgan fingerprint density at radius 3 is 2.47 bits per heavy atom. The fraction of sp³-hybridized carbons (Fsp3) is 0.941. The number of ketones is 1. The van der Waals surface area contributed by atoms with Gasteiger partial charge in [0.1, 0.15) is 5.78 Å². The summed E-state index contributed by atoms with van der Waals surface area (Å²) in [7, 11) is 2.24. The van der Waals surface area contributed by atoms with Crippen LogP contribution >= 0.6 is 0 Å². The van der Waals surface area contributed by atoms with Gasteiger partial charge in [0, 0.05) is 24.9 Å². The van der Waals surface area contributed by atoms with Crippen molar-refractivity contribution in [3.05, 3.63) is 0 Å². The predicted molar refractivity (Wildman–Crippen MR) is 80.2 cm³/mol. The molecule has 0 aromatic carbocycles. The molecule has 0 heterocycles. The SMILES string of the molecule is CCC1CCC(=O)C(CN(C)C2CCC(C)CC2)C1. The van der Waals surface area contributed by atoms with Crippen molar-refractivity contribution in [2.24, 2.45) is 17.8 Å². The minimum atomic E-state index is 0.322. The number of nitrogens with zero attached hydrogens (tertiary/aromatic N) is 1. The highest BCUT2D eigenvalue weighted by atomic mass is 16.1. The van der Waals surface area contributed by atoms with Crippen LogP contribution in [0.3, 0.4) is 0 Å². The van der Waals surface area contributed by atoms with E-state index in [0.29, 0.717) is 11.7 Å². The van der Waals surface area contributed by atoms with Crippen LogP contribution in [0, 0.1) is 17.8 Å². The van der Waals surface area contributed by atoms with Crippen LogP contribution in [-0.2, 0) is 4.79 Å². The summed E-state index contributed by atoms with van der Waals surface area (Å²) in [4.78, 5) is 14.6. The van der Waals surface area contributed by atoms with E-state index in [2.05, 4.69) is 25.8 Å². The van der Waals surface area contributed by atoms with Crippen molar-refractivity contribution in [1.82, 2.24) is 4.90 Å². The molecule has 0 spiro atoms. The lowest BCUT2D eigenvalue weighted by molar-refractivity contribution is -0.126. The van der Waals surface area contributed by atoms with E-state index in [-0.39, 0.29) is 0 Å². The normalized spacial score (nSPS) is 36.7. The Morgan fingerprint density at radius 2 is 1.84 bits per heavy atom. The molecular weight excluding hydrogens is 234 g/mol. The number of Topliss-reactive ketones (excluding diaryl/α,β-unsaturated/α-hetero) is 1. The first-order valence-electron chi connectivity index (χ1n) is 8.33. The second-order valence-corrected chi connectivity index (χ2v) is 7.07. The zero-order valence-corrected chi connectivity index (χ0v) is 13.0. The lowest BCUT2D eigenvalue weighted by Gasteiger charge is -2.37. The van der Waals surface area contributed by atoms with E-state index in [1.807, 2.05) is 0 Å². The summed E-state index contributed by atoms with van der Waals surface area (Å²) in [6.07, 6.45) is 9.74. The molecule has 2 heteroatoms. The molecule has 2 fully saturated rings. The zero-order chi connectivity index (χ0) is 13.8. The van der Waals surface area contributed by atoms with Gasteiger partial charge in [0.2, 0.25) is 0 Å². The predicted octanol–water partition coefficient (Wildman–Crippen LogP) is 3.89. The van der Waals surface area contributed by atoms with Gasteiger partial charge in [-0.25, -0.2) is 0 Å². The van der Waals surface area contributed by atoms with E-state index in [9.17, 15) is 4.79 Å². The number of carbonyl (C=O) groups excluding carboxylic acids is 1. The molecule has 0 radical (unpaired) electrons. The molecule has 0 aromatic rings. The topological polar surface area (TPSA) is 20.3 Å². The van der Waals surface area contributed by atoms with Crippen molar-refractivity contribution in [3.63, 3.8) is 0 Å². The maximum absolute atomic E-state index is 12.1. The Labute approximate surface area is 118 Å². The average molecular weight is 265 g/mol. The van der Waals surface area contributed by atoms with Crippen molar-refractivity contribution in [1.29, 1.82) is 0 Å². The van der Waals surface area contributed by atoms with Crippen LogP contribution in [0.25, 0.3) is 0 Å². The van der Waals surface area contributed by atoms with Crippen LogP contribution in [0.5, 0.6) is 0 Å². The summed E-state index contributed by atoms with van der Waals surface area (Å²) in [6.45, 7) is 5.64. The van der Waals surface area contributed by atoms with Crippen LogP contribution in [0.4, 0.5) is 0 Å². The van der Waals surface area contributed by atoms with Crippen LogP contribution in [0.2, 0.25) is 0 Å². The summed E-state index contributed by atoms with van der Waals surface area (Å²) >= 11 is 0. The minimum Gasteiger partial charge on any atom is -0.303 e. The molecule has 2 saturated carbocycles. The Hall–Kier alpha value is -0.370. The summed E-state index contributed by atoms with van der Waals surface area (Å²) in [5.41, 5.74) is 0. The van der Waals surface area contributed by atoms with Crippen molar-refractivity contribution < 1.29 is 4.79 Å². The Kier molecular flexibility index (Phi) is 5.44. The second kappa shape index (κ2) is 6.88. The van der Waals surface area contributed by atoms with Gasteiger partial charge in [-0.1, -0.05) is 20.3 Å². The number of carbonyl (C=O) groups is 1.